The van der Waals surface area contributed by atoms with E-state index in [0.717, 1.165) is 12.8 Å². The Kier molecular flexibility index (Phi) is 7.13. The summed E-state index contributed by atoms with van der Waals surface area (Å²) >= 11 is 5.95. The van der Waals surface area contributed by atoms with E-state index in [0.29, 0.717) is 17.2 Å². The minimum Gasteiger partial charge on any atom is -0.481 e. The zero-order valence-electron chi connectivity index (χ0n) is 14.2. The molecule has 0 bridgehead atoms. The highest BCUT2D eigenvalue weighted by Crippen LogP contribution is 2.19. The predicted molar refractivity (Wildman–Crippen MR) is 98.5 cm³/mol. The average molecular weight is 346 g/mol. The van der Waals surface area contributed by atoms with Crippen LogP contribution in [0.5, 0.6) is 5.75 Å². The first-order chi connectivity index (χ1) is 11.6. The number of carbonyl (C=O) groups is 1. The molecule has 3 nitrogen and oxygen atoms in total. The van der Waals surface area contributed by atoms with Crippen LogP contribution in [0.25, 0.3) is 0 Å². The van der Waals surface area contributed by atoms with E-state index < -0.39 is 6.10 Å². The first kappa shape index (κ1) is 18.3. The maximum atomic E-state index is 12.4. The van der Waals surface area contributed by atoms with E-state index in [1.807, 2.05) is 38.1 Å². The molecule has 2 atom stereocenters. The van der Waals surface area contributed by atoms with Gasteiger partial charge in [-0.3, -0.25) is 4.79 Å². The largest absolute Gasteiger partial charge is 0.481 e. The summed E-state index contributed by atoms with van der Waals surface area (Å²) in [5.74, 6) is 0.527. The van der Waals surface area contributed by atoms with E-state index >= 15 is 0 Å². The Morgan fingerprint density at radius 3 is 2.58 bits per heavy atom. The van der Waals surface area contributed by atoms with Gasteiger partial charge in [0.15, 0.2) is 6.10 Å². The third kappa shape index (κ3) is 5.89. The smallest absolute Gasteiger partial charge is 0.261 e. The van der Waals surface area contributed by atoms with Gasteiger partial charge >= 0.3 is 0 Å². The summed E-state index contributed by atoms with van der Waals surface area (Å²) in [6.07, 6.45) is 1.92. The van der Waals surface area contributed by atoms with Crippen molar-refractivity contribution < 1.29 is 9.53 Å². The Balaban J connectivity index is 1.84. The first-order valence-corrected chi connectivity index (χ1v) is 8.72. The summed E-state index contributed by atoms with van der Waals surface area (Å²) in [7, 11) is 0. The molecule has 0 fully saturated rings. The van der Waals surface area contributed by atoms with Crippen LogP contribution in [-0.2, 0) is 11.2 Å². The lowest BCUT2D eigenvalue weighted by molar-refractivity contribution is -0.128. The number of aryl methyl sites for hydroxylation is 1. The van der Waals surface area contributed by atoms with E-state index in [2.05, 4.69) is 17.4 Å². The van der Waals surface area contributed by atoms with Gasteiger partial charge < -0.3 is 10.1 Å². The number of ether oxygens (including phenoxy) is 1. The van der Waals surface area contributed by atoms with Crippen LogP contribution in [0.2, 0.25) is 5.02 Å². The normalized spacial score (nSPS) is 13.1. The van der Waals surface area contributed by atoms with Crippen molar-refractivity contribution in [2.75, 3.05) is 0 Å². The van der Waals surface area contributed by atoms with Gasteiger partial charge in [-0.25, -0.2) is 0 Å². The molecule has 0 aliphatic carbocycles. The number of hydrogen-bond acceptors (Lipinski definition) is 2. The molecule has 0 unspecified atom stereocenters. The molecule has 2 aromatic carbocycles. The molecule has 128 valence electrons. The Morgan fingerprint density at radius 2 is 1.92 bits per heavy atom. The number of carbonyl (C=O) groups excluding carboxylic acids is 1. The third-order valence-corrected chi connectivity index (χ3v) is 4.07. The number of nitrogens with one attached hydrogen (secondary N) is 1. The van der Waals surface area contributed by atoms with Crippen LogP contribution >= 0.6 is 11.6 Å². The van der Waals surface area contributed by atoms with E-state index in [4.69, 9.17) is 16.3 Å². The summed E-state index contributed by atoms with van der Waals surface area (Å²) in [4.78, 5) is 12.4. The maximum absolute atomic E-state index is 12.4. The molecule has 0 aromatic heterocycles. The molecule has 0 spiro atoms. The van der Waals surface area contributed by atoms with Crippen molar-refractivity contribution in [2.45, 2.75) is 45.3 Å². The molecule has 2 aromatic rings. The van der Waals surface area contributed by atoms with Crippen molar-refractivity contribution >= 4 is 17.5 Å². The third-order valence-electron chi connectivity index (χ3n) is 3.84. The summed E-state index contributed by atoms with van der Waals surface area (Å²) in [5, 5.41) is 3.64. The van der Waals surface area contributed by atoms with Crippen molar-refractivity contribution in [1.29, 1.82) is 0 Å². The number of hydrogen-bond donors (Lipinski definition) is 1. The highest BCUT2D eigenvalue weighted by Gasteiger charge is 2.20. The summed E-state index contributed by atoms with van der Waals surface area (Å²) < 4.78 is 5.77. The fourth-order valence-electron chi connectivity index (χ4n) is 2.46. The molecule has 0 aliphatic rings. The Bertz CT molecular complexity index is 645. The van der Waals surface area contributed by atoms with Gasteiger partial charge in [0.2, 0.25) is 0 Å². The van der Waals surface area contributed by atoms with Crippen molar-refractivity contribution in [3.63, 3.8) is 0 Å². The van der Waals surface area contributed by atoms with Crippen LogP contribution in [0.4, 0.5) is 0 Å². The lowest BCUT2D eigenvalue weighted by Crippen LogP contribution is -2.42. The number of rotatable bonds is 8. The van der Waals surface area contributed by atoms with Crippen molar-refractivity contribution in [2.24, 2.45) is 0 Å². The highest BCUT2D eigenvalue weighted by molar-refractivity contribution is 6.30. The molecular formula is C20H24ClNO2. The van der Waals surface area contributed by atoms with Gasteiger partial charge in [-0.2, -0.15) is 0 Å². The second kappa shape index (κ2) is 9.33. The monoisotopic (exact) mass is 345 g/mol. The van der Waals surface area contributed by atoms with Gasteiger partial charge in [-0.05, 0) is 49.9 Å². The summed E-state index contributed by atoms with van der Waals surface area (Å²) in [5.41, 5.74) is 1.28. The lowest BCUT2D eigenvalue weighted by atomic mass is 10.1. The SMILES string of the molecule is CC[C@@H](Oc1cccc(Cl)c1)C(=O)N[C@H](C)CCc1ccccc1. The lowest BCUT2D eigenvalue weighted by Gasteiger charge is -2.20. The number of amides is 1. The van der Waals surface area contributed by atoms with Crippen LogP contribution in [-0.4, -0.2) is 18.1 Å². The number of halogens is 1. The van der Waals surface area contributed by atoms with E-state index in [1.165, 1.54) is 5.56 Å². The van der Waals surface area contributed by atoms with E-state index in [1.54, 1.807) is 18.2 Å². The zero-order chi connectivity index (χ0) is 17.4. The standard InChI is InChI=1S/C20H24ClNO2/c1-3-19(24-18-11-7-10-17(21)14-18)20(23)22-15(2)12-13-16-8-5-4-6-9-16/h4-11,14-15,19H,3,12-13H2,1-2H3,(H,22,23)/t15-,19-/m1/s1. The minimum atomic E-state index is -0.511. The zero-order valence-corrected chi connectivity index (χ0v) is 14.9. The Hall–Kier alpha value is -2.00. The van der Waals surface area contributed by atoms with Crippen LogP contribution < -0.4 is 10.1 Å². The minimum absolute atomic E-state index is 0.0852. The molecule has 0 heterocycles. The van der Waals surface area contributed by atoms with Gasteiger partial charge in [0.1, 0.15) is 5.75 Å². The number of benzene rings is 2. The van der Waals surface area contributed by atoms with E-state index in [-0.39, 0.29) is 11.9 Å². The Labute approximate surface area is 149 Å². The van der Waals surface area contributed by atoms with Crippen LogP contribution in [0, 0.1) is 0 Å². The second-order valence-corrected chi connectivity index (χ2v) is 6.34. The van der Waals surface area contributed by atoms with Gasteiger partial charge in [-0.15, -0.1) is 0 Å². The maximum Gasteiger partial charge on any atom is 0.261 e. The fraction of sp³-hybridized carbons (Fsp3) is 0.350. The Morgan fingerprint density at radius 1 is 1.17 bits per heavy atom. The molecule has 1 N–H and O–H groups in total. The van der Waals surface area contributed by atoms with Crippen molar-refractivity contribution in [1.82, 2.24) is 5.32 Å². The molecule has 2 rings (SSSR count). The van der Waals surface area contributed by atoms with Gasteiger partial charge in [0, 0.05) is 11.1 Å². The molecule has 0 aliphatic heterocycles. The topological polar surface area (TPSA) is 38.3 Å². The van der Waals surface area contributed by atoms with Crippen molar-refractivity contribution in [3.05, 3.63) is 65.2 Å². The first-order valence-electron chi connectivity index (χ1n) is 8.35. The molecule has 24 heavy (non-hydrogen) atoms. The van der Waals surface area contributed by atoms with Crippen molar-refractivity contribution in [3.8, 4) is 5.75 Å². The predicted octanol–water partition coefficient (Wildman–Crippen LogP) is 4.63. The second-order valence-electron chi connectivity index (χ2n) is 5.91. The molecule has 4 heteroatoms. The van der Waals surface area contributed by atoms with Crippen LogP contribution in [0.1, 0.15) is 32.3 Å². The summed E-state index contributed by atoms with van der Waals surface area (Å²) in [6.45, 7) is 3.95. The molecule has 0 saturated carbocycles. The van der Waals surface area contributed by atoms with Crippen LogP contribution in [0.15, 0.2) is 54.6 Å². The average Bonchev–Trinajstić information content (AvgIpc) is 2.58. The molecular weight excluding hydrogens is 322 g/mol. The van der Waals surface area contributed by atoms with E-state index in [9.17, 15) is 4.79 Å². The quantitative estimate of drug-likeness (QED) is 0.757. The van der Waals surface area contributed by atoms with Gasteiger partial charge in [-0.1, -0.05) is 54.9 Å². The highest BCUT2D eigenvalue weighted by atomic mass is 35.5. The van der Waals surface area contributed by atoms with Gasteiger partial charge in [0.25, 0.3) is 5.91 Å². The fourth-order valence-corrected chi connectivity index (χ4v) is 2.64. The molecule has 0 saturated heterocycles. The van der Waals surface area contributed by atoms with Gasteiger partial charge in [0.05, 0.1) is 0 Å². The molecule has 0 radical (unpaired) electrons. The molecule has 1 amide bonds. The van der Waals surface area contributed by atoms with Crippen LogP contribution in [0.3, 0.4) is 0 Å². The summed E-state index contributed by atoms with van der Waals surface area (Å²) in [6, 6.07) is 17.5.